The number of Topliss-reactive ketones (excluding diaryl/α,β-unsaturated/α-hetero) is 1. The van der Waals surface area contributed by atoms with Crippen molar-refractivity contribution in [1.29, 1.82) is 0 Å². The zero-order valence-corrected chi connectivity index (χ0v) is 21.0. The van der Waals surface area contributed by atoms with Gasteiger partial charge in [-0.2, -0.15) is 0 Å². The number of benzene rings is 3. The monoisotopic (exact) mass is 484 g/mol. The number of ether oxygens (including phenoxy) is 1. The minimum Gasteiger partial charge on any atom is -0.507 e. The van der Waals surface area contributed by atoms with Gasteiger partial charge in [-0.1, -0.05) is 56.3 Å². The maximum atomic E-state index is 13.5. The van der Waals surface area contributed by atoms with E-state index in [1.807, 2.05) is 61.5 Å². The number of aliphatic hydroxyl groups is 1. The molecule has 6 heteroatoms. The van der Waals surface area contributed by atoms with Crippen LogP contribution in [0.15, 0.2) is 66.2 Å². The molecule has 1 saturated heterocycles. The first-order valence-corrected chi connectivity index (χ1v) is 12.7. The molecule has 0 aromatic heterocycles. The van der Waals surface area contributed by atoms with Gasteiger partial charge in [0.05, 0.1) is 11.6 Å². The van der Waals surface area contributed by atoms with Crippen LogP contribution in [-0.4, -0.2) is 58.9 Å². The molecule has 1 amide bonds. The lowest BCUT2D eigenvalue weighted by molar-refractivity contribution is -0.140. The number of fused-ring (bicyclic) bond motifs is 2. The van der Waals surface area contributed by atoms with Crippen LogP contribution in [-0.2, 0) is 16.0 Å². The van der Waals surface area contributed by atoms with Gasteiger partial charge in [0.25, 0.3) is 11.7 Å². The number of carbonyl (C=O) groups is 2. The lowest BCUT2D eigenvalue weighted by Crippen LogP contribution is -2.38. The Morgan fingerprint density at radius 3 is 2.58 bits per heavy atom. The number of nitrogens with zero attached hydrogens (tertiary/aromatic N) is 2. The van der Waals surface area contributed by atoms with E-state index >= 15 is 0 Å². The van der Waals surface area contributed by atoms with Crippen molar-refractivity contribution >= 4 is 28.2 Å². The van der Waals surface area contributed by atoms with E-state index in [1.165, 1.54) is 0 Å². The third-order valence-corrected chi connectivity index (χ3v) is 7.38. The fraction of sp³-hybridized carbons (Fsp3) is 0.333. The van der Waals surface area contributed by atoms with E-state index in [-0.39, 0.29) is 17.4 Å². The van der Waals surface area contributed by atoms with Crippen molar-refractivity contribution in [3.05, 3.63) is 82.9 Å². The summed E-state index contributed by atoms with van der Waals surface area (Å²) in [6.45, 7) is 8.92. The number of amides is 1. The molecule has 0 radical (unpaired) electrons. The largest absolute Gasteiger partial charge is 0.507 e. The molecule has 1 fully saturated rings. The Bertz CT molecular complexity index is 1350. The highest BCUT2D eigenvalue weighted by molar-refractivity contribution is 6.46. The minimum atomic E-state index is -0.671. The molecule has 2 aliphatic rings. The van der Waals surface area contributed by atoms with Gasteiger partial charge in [-0.25, -0.2) is 0 Å². The smallest absolute Gasteiger partial charge is 0.295 e. The van der Waals surface area contributed by atoms with E-state index in [4.69, 9.17) is 4.74 Å². The van der Waals surface area contributed by atoms with Gasteiger partial charge in [-0.15, -0.1) is 0 Å². The van der Waals surface area contributed by atoms with E-state index in [9.17, 15) is 14.7 Å². The van der Waals surface area contributed by atoms with Gasteiger partial charge in [-0.3, -0.25) is 9.59 Å². The molecule has 2 aliphatic heterocycles. The summed E-state index contributed by atoms with van der Waals surface area (Å²) < 4.78 is 5.80. The minimum absolute atomic E-state index is 0.0683. The lowest BCUT2D eigenvalue weighted by atomic mass is 9.91. The first-order chi connectivity index (χ1) is 17.4. The van der Waals surface area contributed by atoms with Crippen LogP contribution in [0.3, 0.4) is 0 Å². The number of hydrogen-bond donors (Lipinski definition) is 1. The second-order valence-electron chi connectivity index (χ2n) is 9.54. The van der Waals surface area contributed by atoms with Crippen LogP contribution in [0.1, 0.15) is 43.5 Å². The molecule has 0 spiro atoms. The van der Waals surface area contributed by atoms with Crippen LogP contribution in [0.4, 0.5) is 0 Å². The number of rotatable bonds is 7. The Kier molecular flexibility index (Phi) is 6.54. The zero-order chi connectivity index (χ0) is 25.4. The Hall–Kier alpha value is -3.64. The summed E-state index contributed by atoms with van der Waals surface area (Å²) in [6.07, 6.45) is 0.806. The summed E-state index contributed by atoms with van der Waals surface area (Å²) in [6, 6.07) is 18.6. The number of aliphatic hydroxyl groups excluding tert-OH is 1. The van der Waals surface area contributed by atoms with E-state index in [0.717, 1.165) is 47.2 Å². The summed E-state index contributed by atoms with van der Waals surface area (Å²) in [5.41, 5.74) is 2.50. The van der Waals surface area contributed by atoms with Gasteiger partial charge in [0.1, 0.15) is 17.6 Å². The molecular weight excluding hydrogens is 452 g/mol. The molecule has 6 nitrogen and oxygen atoms in total. The second-order valence-corrected chi connectivity index (χ2v) is 9.54. The third kappa shape index (κ3) is 4.16. The van der Waals surface area contributed by atoms with Crippen molar-refractivity contribution < 1.29 is 19.4 Å². The Balaban J connectivity index is 1.65. The summed E-state index contributed by atoms with van der Waals surface area (Å²) in [5, 5.41) is 13.5. The molecule has 36 heavy (non-hydrogen) atoms. The Morgan fingerprint density at radius 2 is 1.81 bits per heavy atom. The topological polar surface area (TPSA) is 70.1 Å². The third-order valence-electron chi connectivity index (χ3n) is 7.38. The normalized spacial score (nSPS) is 20.8. The average Bonchev–Trinajstić information content (AvgIpc) is 3.39. The van der Waals surface area contributed by atoms with Crippen molar-refractivity contribution in [3.8, 4) is 5.75 Å². The number of carbonyl (C=O) groups excluding carboxylic acids is 2. The van der Waals surface area contributed by atoms with Gasteiger partial charge in [0, 0.05) is 25.1 Å². The Morgan fingerprint density at radius 1 is 1.06 bits per heavy atom. The fourth-order valence-corrected chi connectivity index (χ4v) is 5.44. The van der Waals surface area contributed by atoms with E-state index in [2.05, 4.69) is 18.7 Å². The summed E-state index contributed by atoms with van der Waals surface area (Å²) >= 11 is 0. The molecule has 5 rings (SSSR count). The van der Waals surface area contributed by atoms with Crippen molar-refractivity contribution in [3.63, 3.8) is 0 Å². The highest BCUT2D eigenvalue weighted by atomic mass is 16.5. The SMILES string of the molecule is CCN(CC)CCN1C(=O)C(=O)C(=C(O)c2ccc3c(c2)C[C@@H](C)O3)[C@H]1c1cccc2ccccc12. The van der Waals surface area contributed by atoms with Gasteiger partial charge in [0.2, 0.25) is 0 Å². The van der Waals surface area contributed by atoms with Crippen molar-refractivity contribution in [2.24, 2.45) is 0 Å². The molecule has 2 heterocycles. The van der Waals surface area contributed by atoms with Crippen LogP contribution in [0.5, 0.6) is 5.75 Å². The second kappa shape index (κ2) is 9.78. The van der Waals surface area contributed by atoms with Gasteiger partial charge < -0.3 is 19.6 Å². The molecular formula is C30H32N2O4. The van der Waals surface area contributed by atoms with Gasteiger partial charge >= 0.3 is 0 Å². The quantitative estimate of drug-likeness (QED) is 0.293. The predicted molar refractivity (Wildman–Crippen MR) is 141 cm³/mol. The van der Waals surface area contributed by atoms with E-state index < -0.39 is 17.7 Å². The molecule has 0 aliphatic carbocycles. The highest BCUT2D eigenvalue weighted by Gasteiger charge is 2.46. The fourth-order valence-electron chi connectivity index (χ4n) is 5.44. The average molecular weight is 485 g/mol. The molecule has 186 valence electrons. The summed E-state index contributed by atoms with van der Waals surface area (Å²) in [5.74, 6) is -0.557. The first-order valence-electron chi connectivity index (χ1n) is 12.7. The molecule has 0 saturated carbocycles. The van der Waals surface area contributed by atoms with Crippen molar-refractivity contribution in [2.45, 2.75) is 39.3 Å². The first kappa shape index (κ1) is 24.1. The van der Waals surface area contributed by atoms with Crippen LogP contribution in [0.2, 0.25) is 0 Å². The zero-order valence-electron chi connectivity index (χ0n) is 21.0. The molecule has 3 aromatic rings. The van der Waals surface area contributed by atoms with Crippen molar-refractivity contribution in [1.82, 2.24) is 9.80 Å². The van der Waals surface area contributed by atoms with Crippen LogP contribution in [0, 0.1) is 0 Å². The molecule has 3 aromatic carbocycles. The van der Waals surface area contributed by atoms with Crippen LogP contribution < -0.4 is 4.74 Å². The summed E-state index contributed by atoms with van der Waals surface area (Å²) in [7, 11) is 0. The highest BCUT2D eigenvalue weighted by Crippen LogP contribution is 2.42. The molecule has 0 unspecified atom stereocenters. The number of likely N-dealkylation sites (N-methyl/N-ethyl adjacent to an activating group) is 1. The van der Waals surface area contributed by atoms with Gasteiger partial charge in [-0.05, 0) is 60.1 Å². The maximum Gasteiger partial charge on any atom is 0.295 e. The number of hydrogen-bond acceptors (Lipinski definition) is 5. The molecule has 2 atom stereocenters. The Labute approximate surface area is 211 Å². The molecule has 1 N–H and O–H groups in total. The molecule has 0 bridgehead atoms. The number of ketones is 1. The van der Waals surface area contributed by atoms with E-state index in [1.54, 1.807) is 11.0 Å². The predicted octanol–water partition coefficient (Wildman–Crippen LogP) is 4.93. The maximum absolute atomic E-state index is 13.5. The standard InChI is InChI=1S/C30H32N2O4/c1-4-31(5-2)15-16-32-27(24-12-8-10-20-9-6-7-11-23(20)24)26(29(34)30(32)35)28(33)21-13-14-25-22(18-21)17-19(3)36-25/h6-14,18-19,27,33H,4-5,15-17H2,1-3H3/t19-,27-/m1/s1. The van der Waals surface area contributed by atoms with Crippen LogP contribution in [0.25, 0.3) is 16.5 Å². The lowest BCUT2D eigenvalue weighted by Gasteiger charge is -2.29. The van der Waals surface area contributed by atoms with Crippen molar-refractivity contribution in [2.75, 3.05) is 26.2 Å². The van der Waals surface area contributed by atoms with Crippen LogP contribution >= 0.6 is 0 Å². The van der Waals surface area contributed by atoms with Gasteiger partial charge in [0.15, 0.2) is 0 Å². The number of likely N-dealkylation sites (tertiary alicyclic amines) is 1. The van der Waals surface area contributed by atoms with E-state index in [0.29, 0.717) is 18.7 Å². The summed E-state index contributed by atoms with van der Waals surface area (Å²) in [4.78, 5) is 30.7.